The Morgan fingerprint density at radius 3 is 2.65 bits per heavy atom. The van der Waals surface area contributed by atoms with Gasteiger partial charge in [0.15, 0.2) is 0 Å². The van der Waals surface area contributed by atoms with Crippen molar-refractivity contribution in [3.63, 3.8) is 0 Å². The summed E-state index contributed by atoms with van der Waals surface area (Å²) in [4.78, 5) is 19.0. The molecule has 0 amide bonds. The molecule has 0 bridgehead atoms. The molecule has 7 heteroatoms. The topological polar surface area (TPSA) is 66.5 Å². The lowest BCUT2D eigenvalue weighted by Crippen LogP contribution is -2.34. The van der Waals surface area contributed by atoms with Gasteiger partial charge in [0, 0.05) is 12.1 Å². The molecule has 2 atom stereocenters. The first-order chi connectivity index (χ1) is 14.8. The number of ether oxygens (including phenoxy) is 1. The Morgan fingerprint density at radius 2 is 2.03 bits per heavy atom. The Labute approximate surface area is 190 Å². The van der Waals surface area contributed by atoms with E-state index in [0.29, 0.717) is 11.5 Å². The number of esters is 1. The Kier molecular flexibility index (Phi) is 7.97. The summed E-state index contributed by atoms with van der Waals surface area (Å²) in [6.45, 7) is 5.78. The number of hydrogen-bond donors (Lipinski definition) is 2. The van der Waals surface area contributed by atoms with E-state index >= 15 is 0 Å². The molecule has 168 valence electrons. The van der Waals surface area contributed by atoms with Gasteiger partial charge in [-0.1, -0.05) is 18.2 Å². The number of hydrogen-bond acceptors (Lipinski definition) is 7. The van der Waals surface area contributed by atoms with Crippen LogP contribution in [0.2, 0.25) is 0 Å². The molecule has 0 saturated carbocycles. The lowest BCUT2D eigenvalue weighted by Gasteiger charge is -2.26. The Bertz CT molecular complexity index is 872. The lowest BCUT2D eigenvalue weighted by molar-refractivity contribution is 0.0600. The van der Waals surface area contributed by atoms with Crippen LogP contribution in [-0.4, -0.2) is 49.1 Å². The number of aromatic nitrogens is 1. The van der Waals surface area contributed by atoms with Crippen LogP contribution in [0.1, 0.15) is 55.1 Å². The molecule has 1 fully saturated rings. The number of nitrogens with zero attached hydrogens (tertiary/aromatic N) is 2. The Balaban J connectivity index is 1.76. The van der Waals surface area contributed by atoms with Crippen molar-refractivity contribution in [2.45, 2.75) is 49.7 Å². The fourth-order valence-electron chi connectivity index (χ4n) is 4.28. The summed E-state index contributed by atoms with van der Waals surface area (Å²) < 4.78 is 7.91. The molecule has 31 heavy (non-hydrogen) atoms. The van der Waals surface area contributed by atoms with Crippen molar-refractivity contribution in [3.05, 3.63) is 53.6 Å². The smallest absolute Gasteiger partial charge is 0.337 e. The molecule has 1 aliphatic rings. The van der Waals surface area contributed by atoms with E-state index in [0.717, 1.165) is 35.8 Å². The molecular weight excluding hydrogens is 408 g/mol. The number of likely N-dealkylation sites (tertiary alicyclic amines) is 1. The number of rotatable bonds is 9. The highest BCUT2D eigenvalue weighted by Crippen LogP contribution is 2.35. The second-order valence-corrected chi connectivity index (χ2v) is 9.85. The van der Waals surface area contributed by atoms with Crippen molar-refractivity contribution < 1.29 is 9.53 Å². The van der Waals surface area contributed by atoms with Crippen LogP contribution in [0.25, 0.3) is 0 Å². The standard InChI is InChI=1S/C24H34N4O2S/c1-24(2)15-17(16-28(24)4)9-14-20(18-10-12-19(13-11-18)23(29)30-5)26-21-7-6-8-22(27-21)31-25-3/h6-8,10-13,17,20,25H,9,14-16H2,1-5H3,(H,26,27). The molecule has 0 aliphatic carbocycles. The third kappa shape index (κ3) is 6.21. The third-order valence-corrected chi connectivity index (χ3v) is 6.84. The van der Waals surface area contributed by atoms with Gasteiger partial charge in [-0.3, -0.25) is 4.72 Å². The highest BCUT2D eigenvalue weighted by molar-refractivity contribution is 7.97. The molecule has 2 unspecified atom stereocenters. The van der Waals surface area contributed by atoms with E-state index in [4.69, 9.17) is 9.72 Å². The van der Waals surface area contributed by atoms with E-state index in [1.165, 1.54) is 25.5 Å². The minimum Gasteiger partial charge on any atom is -0.465 e. The summed E-state index contributed by atoms with van der Waals surface area (Å²) in [6, 6.07) is 13.8. The molecule has 0 spiro atoms. The molecule has 6 nitrogen and oxygen atoms in total. The van der Waals surface area contributed by atoms with E-state index in [1.54, 1.807) is 0 Å². The van der Waals surface area contributed by atoms with Crippen LogP contribution in [0.15, 0.2) is 47.5 Å². The normalized spacial score (nSPS) is 19.2. The van der Waals surface area contributed by atoms with Crippen molar-refractivity contribution in [2.75, 3.05) is 33.1 Å². The molecule has 3 rings (SSSR count). The van der Waals surface area contributed by atoms with Gasteiger partial charge in [0.2, 0.25) is 0 Å². The van der Waals surface area contributed by atoms with Crippen LogP contribution in [-0.2, 0) is 4.74 Å². The summed E-state index contributed by atoms with van der Waals surface area (Å²) in [5, 5.41) is 4.55. The fourth-order valence-corrected chi connectivity index (χ4v) is 4.78. The first-order valence-corrected chi connectivity index (χ1v) is 11.6. The number of nitrogens with one attached hydrogen (secondary N) is 2. The van der Waals surface area contributed by atoms with Gasteiger partial charge in [0.1, 0.15) is 10.8 Å². The monoisotopic (exact) mass is 442 g/mol. The maximum absolute atomic E-state index is 11.8. The molecule has 1 aromatic carbocycles. The SMILES string of the molecule is CNSc1cccc(NC(CCC2CN(C)C(C)(C)C2)c2ccc(C(=O)OC)cc2)n1. The van der Waals surface area contributed by atoms with Gasteiger partial charge in [0.05, 0.1) is 18.7 Å². The second-order valence-electron chi connectivity index (χ2n) is 8.82. The van der Waals surface area contributed by atoms with E-state index < -0.39 is 0 Å². The average Bonchev–Trinajstić information content (AvgIpc) is 3.02. The predicted octanol–water partition coefficient (Wildman–Crippen LogP) is 4.76. The summed E-state index contributed by atoms with van der Waals surface area (Å²) in [5.74, 6) is 1.22. The van der Waals surface area contributed by atoms with E-state index in [-0.39, 0.29) is 17.6 Å². The minimum absolute atomic E-state index is 0.114. The maximum atomic E-state index is 11.8. The summed E-state index contributed by atoms with van der Waals surface area (Å²) in [7, 11) is 5.51. The molecule has 2 heterocycles. The largest absolute Gasteiger partial charge is 0.465 e. The van der Waals surface area contributed by atoms with Gasteiger partial charge < -0.3 is 15.0 Å². The molecule has 2 N–H and O–H groups in total. The van der Waals surface area contributed by atoms with E-state index in [2.05, 4.69) is 35.8 Å². The second kappa shape index (κ2) is 10.5. The first-order valence-electron chi connectivity index (χ1n) is 10.8. The number of methoxy groups -OCH3 is 1. The predicted molar refractivity (Wildman–Crippen MR) is 127 cm³/mol. The first kappa shape index (κ1) is 23.6. The van der Waals surface area contributed by atoms with Crippen LogP contribution in [0, 0.1) is 5.92 Å². The quantitative estimate of drug-likeness (QED) is 0.429. The zero-order valence-corrected chi connectivity index (χ0v) is 20.0. The van der Waals surface area contributed by atoms with Gasteiger partial charge in [-0.2, -0.15) is 0 Å². The molecule has 0 radical (unpaired) electrons. The van der Waals surface area contributed by atoms with Crippen molar-refractivity contribution in [2.24, 2.45) is 5.92 Å². The van der Waals surface area contributed by atoms with Gasteiger partial charge in [-0.25, -0.2) is 9.78 Å². The number of pyridine rings is 1. The van der Waals surface area contributed by atoms with Crippen LogP contribution in [0.4, 0.5) is 5.82 Å². The number of carbonyl (C=O) groups is 1. The molecule has 1 aliphatic heterocycles. The van der Waals surface area contributed by atoms with Crippen molar-refractivity contribution >= 4 is 23.7 Å². The van der Waals surface area contributed by atoms with Crippen molar-refractivity contribution in [1.82, 2.24) is 14.6 Å². The molecule has 2 aromatic rings. The van der Waals surface area contributed by atoms with Crippen LogP contribution >= 0.6 is 11.9 Å². The Hall–Kier alpha value is -2.09. The highest BCUT2D eigenvalue weighted by atomic mass is 32.2. The minimum atomic E-state index is -0.314. The number of benzene rings is 1. The van der Waals surface area contributed by atoms with E-state index in [9.17, 15) is 4.79 Å². The van der Waals surface area contributed by atoms with Crippen molar-refractivity contribution in [3.8, 4) is 0 Å². The number of anilines is 1. The zero-order valence-electron chi connectivity index (χ0n) is 19.1. The fraction of sp³-hybridized carbons (Fsp3) is 0.500. The van der Waals surface area contributed by atoms with Crippen LogP contribution in [0.5, 0.6) is 0 Å². The van der Waals surface area contributed by atoms with Gasteiger partial charge in [-0.15, -0.1) is 0 Å². The average molecular weight is 443 g/mol. The summed E-state index contributed by atoms with van der Waals surface area (Å²) >= 11 is 1.50. The highest BCUT2D eigenvalue weighted by Gasteiger charge is 2.35. The van der Waals surface area contributed by atoms with Gasteiger partial charge >= 0.3 is 5.97 Å². The molecular formula is C24H34N4O2S. The summed E-state index contributed by atoms with van der Waals surface area (Å²) in [6.07, 6.45) is 3.34. The molecule has 1 saturated heterocycles. The van der Waals surface area contributed by atoms with Crippen molar-refractivity contribution in [1.29, 1.82) is 0 Å². The van der Waals surface area contributed by atoms with Crippen LogP contribution < -0.4 is 10.0 Å². The maximum Gasteiger partial charge on any atom is 0.337 e. The third-order valence-electron chi connectivity index (χ3n) is 6.20. The summed E-state index contributed by atoms with van der Waals surface area (Å²) in [5.41, 5.74) is 1.97. The zero-order chi connectivity index (χ0) is 22.4. The van der Waals surface area contributed by atoms with Gasteiger partial charge in [0.25, 0.3) is 0 Å². The number of carbonyl (C=O) groups excluding carboxylic acids is 1. The Morgan fingerprint density at radius 1 is 1.29 bits per heavy atom. The lowest BCUT2D eigenvalue weighted by atomic mass is 9.90. The molecule has 1 aromatic heterocycles. The van der Waals surface area contributed by atoms with E-state index in [1.807, 2.05) is 49.5 Å². The van der Waals surface area contributed by atoms with Crippen LogP contribution in [0.3, 0.4) is 0 Å². The van der Waals surface area contributed by atoms with Gasteiger partial charge in [-0.05, 0) is 94.9 Å².